The van der Waals surface area contributed by atoms with Gasteiger partial charge in [-0.2, -0.15) is 0 Å². The van der Waals surface area contributed by atoms with Gasteiger partial charge in [-0.1, -0.05) is 53.5 Å². The second-order valence-electron chi connectivity index (χ2n) is 9.11. The molecule has 3 aromatic rings. The zero-order valence-electron chi connectivity index (χ0n) is 20.1. The third kappa shape index (κ3) is 7.81. The van der Waals surface area contributed by atoms with Crippen LogP contribution < -0.4 is 10.5 Å². The van der Waals surface area contributed by atoms with Crippen molar-refractivity contribution in [2.75, 3.05) is 19.6 Å². The van der Waals surface area contributed by atoms with Crippen LogP contribution in [0.2, 0.25) is 9.36 Å². The summed E-state index contributed by atoms with van der Waals surface area (Å²) in [5.41, 5.74) is 7.49. The van der Waals surface area contributed by atoms with Gasteiger partial charge in [0, 0.05) is 10.4 Å². The van der Waals surface area contributed by atoms with Gasteiger partial charge in [-0.05, 0) is 93.6 Å². The molecule has 2 heterocycles. The third-order valence-electron chi connectivity index (χ3n) is 6.18. The van der Waals surface area contributed by atoms with Gasteiger partial charge in [0.25, 0.3) is 5.91 Å². The summed E-state index contributed by atoms with van der Waals surface area (Å²) in [6, 6.07) is 16.7. The van der Waals surface area contributed by atoms with Crippen molar-refractivity contribution in [3.8, 4) is 16.2 Å². The lowest BCUT2D eigenvalue weighted by Crippen LogP contribution is -2.22. The van der Waals surface area contributed by atoms with Crippen LogP contribution in [0.25, 0.3) is 10.4 Å². The summed E-state index contributed by atoms with van der Waals surface area (Å²) < 4.78 is 6.46. The SMILES string of the molecule is Clc1cc(CCCN2CCCC2)ccc1OC1CC1.NC(=O)C(=O)c1ccc(-c2ccc(Cl)s2)cc1. The summed E-state index contributed by atoms with van der Waals surface area (Å²) in [6.45, 7) is 3.79. The van der Waals surface area contributed by atoms with Crippen molar-refractivity contribution in [3.05, 3.63) is 75.1 Å². The zero-order chi connectivity index (χ0) is 25.5. The molecule has 36 heavy (non-hydrogen) atoms. The first-order valence-electron chi connectivity index (χ1n) is 12.3. The third-order valence-corrected chi connectivity index (χ3v) is 7.76. The number of primary amides is 1. The first-order valence-corrected chi connectivity index (χ1v) is 13.8. The molecule has 1 amide bonds. The van der Waals surface area contributed by atoms with E-state index in [1.807, 2.05) is 18.2 Å². The number of aryl methyl sites for hydroxylation is 1. The summed E-state index contributed by atoms with van der Waals surface area (Å²) >= 11 is 13.6. The Labute approximate surface area is 226 Å². The molecule has 1 saturated carbocycles. The Morgan fingerprint density at radius 3 is 2.31 bits per heavy atom. The van der Waals surface area contributed by atoms with Crippen LogP contribution in [0.5, 0.6) is 5.75 Å². The zero-order valence-corrected chi connectivity index (χ0v) is 22.4. The molecule has 0 radical (unpaired) electrons. The lowest BCUT2D eigenvalue weighted by Gasteiger charge is -2.14. The maximum Gasteiger partial charge on any atom is 0.289 e. The molecule has 2 aliphatic rings. The highest BCUT2D eigenvalue weighted by molar-refractivity contribution is 7.19. The van der Waals surface area contributed by atoms with E-state index in [-0.39, 0.29) is 0 Å². The highest BCUT2D eigenvalue weighted by Crippen LogP contribution is 2.33. The Bertz CT molecular complexity index is 1190. The average molecular weight is 546 g/mol. The van der Waals surface area contributed by atoms with Crippen molar-refractivity contribution in [3.63, 3.8) is 0 Å². The number of likely N-dealkylation sites (tertiary alicyclic amines) is 1. The number of nitrogens with two attached hydrogens (primary N) is 1. The van der Waals surface area contributed by atoms with Crippen molar-refractivity contribution in [1.29, 1.82) is 0 Å². The number of hydrogen-bond donors (Lipinski definition) is 1. The van der Waals surface area contributed by atoms with Gasteiger partial charge in [0.1, 0.15) is 5.75 Å². The average Bonchev–Trinajstić information content (AvgIpc) is 3.33. The number of thiophene rings is 1. The Kier molecular flexibility index (Phi) is 9.43. The van der Waals surface area contributed by atoms with Gasteiger partial charge < -0.3 is 15.4 Å². The van der Waals surface area contributed by atoms with Crippen molar-refractivity contribution in [2.24, 2.45) is 5.73 Å². The molecule has 2 fully saturated rings. The molecule has 190 valence electrons. The number of carbonyl (C=O) groups is 2. The number of halogens is 2. The molecule has 1 aromatic heterocycles. The molecule has 0 spiro atoms. The summed E-state index contributed by atoms with van der Waals surface area (Å²) in [7, 11) is 0. The quantitative estimate of drug-likeness (QED) is 0.242. The summed E-state index contributed by atoms with van der Waals surface area (Å²) in [4.78, 5) is 25.6. The van der Waals surface area contributed by atoms with Crippen molar-refractivity contribution in [2.45, 2.75) is 44.6 Å². The van der Waals surface area contributed by atoms with Gasteiger partial charge in [-0.3, -0.25) is 9.59 Å². The minimum Gasteiger partial charge on any atom is -0.489 e. The van der Waals surface area contributed by atoms with Crippen LogP contribution in [0, 0.1) is 0 Å². The molecule has 2 aromatic carbocycles. The number of rotatable bonds is 9. The molecule has 5 nitrogen and oxygen atoms in total. The molecule has 1 aliphatic carbocycles. The van der Waals surface area contributed by atoms with E-state index in [0.29, 0.717) is 16.0 Å². The van der Waals surface area contributed by atoms with E-state index < -0.39 is 11.7 Å². The topological polar surface area (TPSA) is 72.6 Å². The molecule has 1 saturated heterocycles. The van der Waals surface area contributed by atoms with E-state index in [0.717, 1.165) is 27.6 Å². The van der Waals surface area contributed by atoms with Crippen LogP contribution in [-0.2, 0) is 11.2 Å². The highest BCUT2D eigenvalue weighted by atomic mass is 35.5. The van der Waals surface area contributed by atoms with Crippen LogP contribution >= 0.6 is 34.5 Å². The lowest BCUT2D eigenvalue weighted by molar-refractivity contribution is -0.114. The number of carbonyl (C=O) groups excluding carboxylic acids is 2. The normalized spacial score (nSPS) is 15.3. The van der Waals surface area contributed by atoms with Crippen LogP contribution in [0.3, 0.4) is 0 Å². The van der Waals surface area contributed by atoms with Crippen molar-refractivity contribution >= 4 is 46.2 Å². The predicted octanol–water partition coefficient (Wildman–Crippen LogP) is 6.65. The molecule has 1 aliphatic heterocycles. The van der Waals surface area contributed by atoms with Crippen LogP contribution in [0.1, 0.15) is 48.0 Å². The van der Waals surface area contributed by atoms with Gasteiger partial charge in [0.15, 0.2) is 0 Å². The second-order valence-corrected chi connectivity index (χ2v) is 11.2. The van der Waals surface area contributed by atoms with Crippen LogP contribution in [-0.4, -0.2) is 42.3 Å². The molecule has 8 heteroatoms. The monoisotopic (exact) mass is 544 g/mol. The first kappa shape index (κ1) is 26.7. The van der Waals surface area contributed by atoms with E-state index in [4.69, 9.17) is 33.7 Å². The fourth-order valence-corrected chi connectivity index (χ4v) is 5.37. The van der Waals surface area contributed by atoms with Gasteiger partial charge >= 0.3 is 0 Å². The Balaban J connectivity index is 0.000000170. The first-order chi connectivity index (χ1) is 17.4. The smallest absolute Gasteiger partial charge is 0.289 e. The van der Waals surface area contributed by atoms with E-state index in [1.165, 1.54) is 68.6 Å². The molecular formula is C28H30Cl2N2O3S. The van der Waals surface area contributed by atoms with Crippen LogP contribution in [0.4, 0.5) is 0 Å². The van der Waals surface area contributed by atoms with E-state index in [9.17, 15) is 9.59 Å². The number of ether oxygens (including phenoxy) is 1. The van der Waals surface area contributed by atoms with Gasteiger partial charge in [-0.15, -0.1) is 11.3 Å². The fraction of sp³-hybridized carbons (Fsp3) is 0.357. The predicted molar refractivity (Wildman–Crippen MR) is 147 cm³/mol. The Morgan fingerprint density at radius 2 is 1.72 bits per heavy atom. The van der Waals surface area contributed by atoms with Crippen LogP contribution in [0.15, 0.2) is 54.6 Å². The summed E-state index contributed by atoms with van der Waals surface area (Å²) in [6.07, 6.45) is 7.84. The van der Waals surface area contributed by atoms with Gasteiger partial charge in [0.2, 0.25) is 5.78 Å². The summed E-state index contributed by atoms with van der Waals surface area (Å²) in [5.74, 6) is -0.773. The van der Waals surface area contributed by atoms with Gasteiger partial charge in [-0.25, -0.2) is 0 Å². The number of hydrogen-bond acceptors (Lipinski definition) is 5. The van der Waals surface area contributed by atoms with E-state index >= 15 is 0 Å². The number of nitrogens with zero attached hydrogens (tertiary/aromatic N) is 1. The fourth-order valence-electron chi connectivity index (χ4n) is 4.07. The number of benzene rings is 2. The standard InChI is InChI=1S/C16H22ClNO.C12H8ClNO2S/c17-15-12-13(4-3-11-18-9-1-2-10-18)5-8-16(15)19-14-6-7-14;13-10-6-5-9(17-10)7-1-3-8(4-2-7)11(15)12(14)16/h5,8,12,14H,1-4,6-7,9-11H2;1-6H,(H2,14,16). The maximum atomic E-state index is 11.3. The van der Waals surface area contributed by atoms with Crippen molar-refractivity contribution in [1.82, 2.24) is 4.90 Å². The lowest BCUT2D eigenvalue weighted by atomic mass is 10.1. The minimum atomic E-state index is -0.947. The van der Waals surface area contributed by atoms with Gasteiger partial charge in [0.05, 0.1) is 15.5 Å². The van der Waals surface area contributed by atoms with E-state index in [2.05, 4.69) is 17.0 Å². The maximum absolute atomic E-state index is 11.3. The highest BCUT2D eigenvalue weighted by Gasteiger charge is 2.24. The molecule has 2 N–H and O–H groups in total. The Hall–Kier alpha value is -2.38. The van der Waals surface area contributed by atoms with E-state index in [1.54, 1.807) is 24.3 Å². The number of amides is 1. The minimum absolute atomic E-state index is 0.295. The molecule has 0 unspecified atom stereocenters. The molecule has 0 atom stereocenters. The van der Waals surface area contributed by atoms with Crippen molar-refractivity contribution < 1.29 is 14.3 Å². The summed E-state index contributed by atoms with van der Waals surface area (Å²) in [5, 5.41) is 0.769. The number of ketones is 1. The molecule has 0 bridgehead atoms. The molecule has 5 rings (SSSR count). The second kappa shape index (κ2) is 12.7. The largest absolute Gasteiger partial charge is 0.489 e. The Morgan fingerprint density at radius 1 is 1.00 bits per heavy atom. The molecular weight excluding hydrogens is 515 g/mol. The number of Topliss-reactive ketones (excluding diaryl/α,β-unsaturated/α-hetero) is 1.